The number of carbonyl (C=O) groups is 1. The summed E-state index contributed by atoms with van der Waals surface area (Å²) in [7, 11) is 0. The number of aromatic hydroxyl groups is 1. The molecule has 7 heteroatoms. The normalized spacial score (nSPS) is 23.6. The number of phenols is 1. The Morgan fingerprint density at radius 3 is 3.00 bits per heavy atom. The number of nitro benzene ring substituents is 1. The van der Waals surface area contributed by atoms with Crippen LogP contribution in [0.3, 0.4) is 0 Å². The van der Waals surface area contributed by atoms with Crippen LogP contribution >= 0.6 is 0 Å². The minimum absolute atomic E-state index is 0.0597. The lowest BCUT2D eigenvalue weighted by atomic mass is 9.90. The number of nitro groups is 1. The fourth-order valence-electron chi connectivity index (χ4n) is 3.70. The number of rotatable bonds is 5. The van der Waals surface area contributed by atoms with Crippen molar-refractivity contribution >= 4 is 17.3 Å². The predicted molar refractivity (Wildman–Crippen MR) is 80.8 cm³/mol. The van der Waals surface area contributed by atoms with Crippen LogP contribution in [0.1, 0.15) is 32.1 Å². The Balaban J connectivity index is 1.67. The third-order valence-corrected chi connectivity index (χ3v) is 4.79. The molecule has 2 N–H and O–H groups in total. The van der Waals surface area contributed by atoms with Crippen LogP contribution in [0.25, 0.3) is 0 Å². The Morgan fingerprint density at radius 1 is 1.41 bits per heavy atom. The van der Waals surface area contributed by atoms with Crippen LogP contribution in [0, 0.1) is 10.1 Å². The van der Waals surface area contributed by atoms with Crippen molar-refractivity contribution in [2.75, 3.05) is 18.4 Å². The molecule has 1 atom stereocenters. The lowest BCUT2D eigenvalue weighted by Crippen LogP contribution is -2.41. The molecule has 3 rings (SSSR count). The van der Waals surface area contributed by atoms with Crippen molar-refractivity contribution in [2.45, 2.75) is 37.6 Å². The van der Waals surface area contributed by atoms with Gasteiger partial charge in [-0.3, -0.25) is 14.9 Å². The summed E-state index contributed by atoms with van der Waals surface area (Å²) in [6, 6.07) is 4.08. The van der Waals surface area contributed by atoms with E-state index in [-0.39, 0.29) is 22.9 Å². The molecule has 2 heterocycles. The van der Waals surface area contributed by atoms with Crippen LogP contribution in [0.4, 0.5) is 11.4 Å². The Kier molecular flexibility index (Phi) is 3.64. The van der Waals surface area contributed by atoms with Gasteiger partial charge in [0.15, 0.2) is 0 Å². The topological polar surface area (TPSA) is 95.7 Å². The van der Waals surface area contributed by atoms with Crippen LogP contribution in [0.2, 0.25) is 0 Å². The van der Waals surface area contributed by atoms with E-state index in [0.717, 1.165) is 38.3 Å². The molecule has 22 heavy (non-hydrogen) atoms. The molecule has 1 unspecified atom stereocenters. The summed E-state index contributed by atoms with van der Waals surface area (Å²) >= 11 is 0. The Labute approximate surface area is 128 Å². The molecular formula is C15H19N3O4. The lowest BCUT2D eigenvalue weighted by molar-refractivity contribution is -0.384. The molecule has 1 aromatic carbocycles. The van der Waals surface area contributed by atoms with Crippen LogP contribution in [0.5, 0.6) is 5.75 Å². The first-order chi connectivity index (χ1) is 10.5. The summed E-state index contributed by atoms with van der Waals surface area (Å²) < 4.78 is 0. The first-order valence-electron chi connectivity index (χ1n) is 7.54. The molecule has 0 saturated carbocycles. The van der Waals surface area contributed by atoms with Crippen molar-refractivity contribution in [3.05, 3.63) is 28.3 Å². The van der Waals surface area contributed by atoms with Gasteiger partial charge < -0.3 is 15.3 Å². The minimum Gasteiger partial charge on any atom is -0.508 e. The van der Waals surface area contributed by atoms with Gasteiger partial charge in [-0.1, -0.05) is 0 Å². The van der Waals surface area contributed by atoms with Gasteiger partial charge in [0, 0.05) is 25.0 Å². The highest BCUT2D eigenvalue weighted by atomic mass is 16.6. The molecule has 1 aromatic rings. The molecule has 2 aliphatic heterocycles. The standard InChI is InChI=1S/C15H19N3O4/c19-11-2-3-12(13(10-11)18(21)22)16-8-7-15-5-1-9-17(15)14(20)4-6-15/h2-3,10,16,19H,1,4-9H2. The van der Waals surface area contributed by atoms with E-state index >= 15 is 0 Å². The molecule has 2 saturated heterocycles. The number of fused-ring (bicyclic) bond motifs is 1. The zero-order chi connectivity index (χ0) is 15.7. The van der Waals surface area contributed by atoms with E-state index in [0.29, 0.717) is 18.7 Å². The van der Waals surface area contributed by atoms with Gasteiger partial charge in [0.2, 0.25) is 5.91 Å². The van der Waals surface area contributed by atoms with Gasteiger partial charge in [-0.2, -0.15) is 0 Å². The molecule has 2 fully saturated rings. The average Bonchev–Trinajstić information content (AvgIpc) is 3.02. The molecule has 7 nitrogen and oxygen atoms in total. The van der Waals surface area contributed by atoms with Gasteiger partial charge >= 0.3 is 0 Å². The van der Waals surface area contributed by atoms with Crippen molar-refractivity contribution in [3.63, 3.8) is 0 Å². The average molecular weight is 305 g/mol. The zero-order valence-corrected chi connectivity index (χ0v) is 12.2. The maximum atomic E-state index is 11.9. The molecule has 0 aromatic heterocycles. The quantitative estimate of drug-likeness (QED) is 0.494. The second-order valence-electron chi connectivity index (χ2n) is 6.01. The second-order valence-corrected chi connectivity index (χ2v) is 6.01. The second kappa shape index (κ2) is 5.47. The summed E-state index contributed by atoms with van der Waals surface area (Å²) in [5.74, 6) is 0.104. The van der Waals surface area contributed by atoms with Crippen molar-refractivity contribution in [3.8, 4) is 5.75 Å². The van der Waals surface area contributed by atoms with Crippen molar-refractivity contribution in [2.24, 2.45) is 0 Å². The third-order valence-electron chi connectivity index (χ3n) is 4.79. The summed E-state index contributed by atoms with van der Waals surface area (Å²) in [6.45, 7) is 1.40. The predicted octanol–water partition coefficient (Wildman–Crippen LogP) is 2.26. The summed E-state index contributed by atoms with van der Waals surface area (Å²) in [5.41, 5.74) is 0.201. The van der Waals surface area contributed by atoms with Gasteiger partial charge in [0.25, 0.3) is 5.69 Å². The highest BCUT2D eigenvalue weighted by Gasteiger charge is 2.47. The molecular weight excluding hydrogens is 286 g/mol. The lowest BCUT2D eigenvalue weighted by Gasteiger charge is -2.32. The minimum atomic E-state index is -0.513. The first kappa shape index (κ1) is 14.6. The first-order valence-corrected chi connectivity index (χ1v) is 7.54. The summed E-state index contributed by atoms with van der Waals surface area (Å²) in [5, 5.41) is 23.5. The SMILES string of the molecule is O=C1CCC2(CCNc3ccc(O)cc3[N+](=O)[O-])CCCN12. The number of benzene rings is 1. The molecule has 0 radical (unpaired) electrons. The Bertz CT molecular complexity index is 619. The molecule has 1 amide bonds. The highest BCUT2D eigenvalue weighted by Crippen LogP contribution is 2.42. The van der Waals surface area contributed by atoms with E-state index in [9.17, 15) is 20.0 Å². The van der Waals surface area contributed by atoms with Crippen molar-refractivity contribution in [1.82, 2.24) is 4.90 Å². The summed E-state index contributed by atoms with van der Waals surface area (Å²) in [6.07, 6.45) is 4.32. The largest absolute Gasteiger partial charge is 0.508 e. The number of nitrogens with one attached hydrogen (secondary N) is 1. The fraction of sp³-hybridized carbons (Fsp3) is 0.533. The van der Waals surface area contributed by atoms with Gasteiger partial charge in [0.1, 0.15) is 11.4 Å². The van der Waals surface area contributed by atoms with Crippen LogP contribution in [-0.2, 0) is 4.79 Å². The molecule has 0 spiro atoms. The van der Waals surface area contributed by atoms with E-state index in [1.165, 1.54) is 12.1 Å². The maximum absolute atomic E-state index is 11.9. The molecule has 0 aliphatic carbocycles. The smallest absolute Gasteiger partial charge is 0.296 e. The Hall–Kier alpha value is -2.31. The van der Waals surface area contributed by atoms with Crippen molar-refractivity contribution < 1.29 is 14.8 Å². The number of anilines is 1. The summed E-state index contributed by atoms with van der Waals surface area (Å²) in [4.78, 5) is 24.4. The van der Waals surface area contributed by atoms with Gasteiger partial charge in [-0.25, -0.2) is 0 Å². The molecule has 0 bridgehead atoms. The maximum Gasteiger partial charge on any atom is 0.296 e. The van der Waals surface area contributed by atoms with E-state index in [2.05, 4.69) is 5.32 Å². The van der Waals surface area contributed by atoms with E-state index in [1.54, 1.807) is 0 Å². The fourth-order valence-corrected chi connectivity index (χ4v) is 3.70. The molecule has 2 aliphatic rings. The number of phenolic OH excluding ortho intramolecular Hbond substituents is 1. The number of hydrogen-bond acceptors (Lipinski definition) is 5. The van der Waals surface area contributed by atoms with Crippen LogP contribution in [0.15, 0.2) is 18.2 Å². The number of carbonyl (C=O) groups excluding carboxylic acids is 1. The third kappa shape index (κ3) is 2.47. The Morgan fingerprint density at radius 2 is 2.23 bits per heavy atom. The van der Waals surface area contributed by atoms with Gasteiger partial charge in [-0.05, 0) is 37.8 Å². The van der Waals surface area contributed by atoms with E-state index in [1.807, 2.05) is 4.90 Å². The number of hydrogen-bond donors (Lipinski definition) is 2. The van der Waals surface area contributed by atoms with E-state index in [4.69, 9.17) is 0 Å². The highest BCUT2D eigenvalue weighted by molar-refractivity contribution is 5.80. The van der Waals surface area contributed by atoms with Gasteiger partial charge in [0.05, 0.1) is 11.0 Å². The number of nitrogens with zero attached hydrogens (tertiary/aromatic N) is 2. The van der Waals surface area contributed by atoms with Crippen molar-refractivity contribution in [1.29, 1.82) is 0 Å². The number of amides is 1. The van der Waals surface area contributed by atoms with E-state index < -0.39 is 4.92 Å². The van der Waals surface area contributed by atoms with Crippen LogP contribution < -0.4 is 5.32 Å². The van der Waals surface area contributed by atoms with Crippen LogP contribution in [-0.4, -0.2) is 39.5 Å². The monoisotopic (exact) mass is 305 g/mol. The molecule has 118 valence electrons. The zero-order valence-electron chi connectivity index (χ0n) is 12.2. The van der Waals surface area contributed by atoms with Gasteiger partial charge in [-0.15, -0.1) is 0 Å².